The second-order valence-electron chi connectivity index (χ2n) is 5.27. The van der Waals surface area contributed by atoms with Crippen LogP contribution in [0.4, 0.5) is 9.18 Å². The smallest absolute Gasteiger partial charge is 0.314 e. The van der Waals surface area contributed by atoms with Crippen molar-refractivity contribution in [3.63, 3.8) is 0 Å². The van der Waals surface area contributed by atoms with Gasteiger partial charge in [0, 0.05) is 13.1 Å². The van der Waals surface area contributed by atoms with Crippen LogP contribution < -0.4 is 10.6 Å². The molecule has 0 heterocycles. The summed E-state index contributed by atoms with van der Waals surface area (Å²) < 4.78 is 12.8. The molecule has 2 aromatic rings. The highest BCUT2D eigenvalue weighted by Gasteiger charge is 2.07. The number of halogens is 1. The van der Waals surface area contributed by atoms with Crippen LogP contribution in [-0.4, -0.2) is 24.2 Å². The van der Waals surface area contributed by atoms with Crippen molar-refractivity contribution < 1.29 is 14.3 Å². The second-order valence-corrected chi connectivity index (χ2v) is 5.27. The van der Waals surface area contributed by atoms with Crippen LogP contribution in [0.1, 0.15) is 23.7 Å². The highest BCUT2D eigenvalue weighted by molar-refractivity contribution is 5.73. The first kappa shape index (κ1) is 17.0. The van der Waals surface area contributed by atoms with Gasteiger partial charge in [-0.2, -0.15) is 0 Å². The Hall–Kier alpha value is -2.40. The summed E-state index contributed by atoms with van der Waals surface area (Å²) in [5.74, 6) is -0.267. The van der Waals surface area contributed by atoms with E-state index in [-0.39, 0.29) is 11.8 Å². The minimum Gasteiger partial charge on any atom is -0.388 e. The van der Waals surface area contributed by atoms with Gasteiger partial charge in [0.2, 0.25) is 0 Å². The highest BCUT2D eigenvalue weighted by atomic mass is 19.1. The molecule has 5 heteroatoms. The molecular weight excluding hydrogens is 295 g/mol. The number of amides is 2. The van der Waals surface area contributed by atoms with Crippen LogP contribution in [0.3, 0.4) is 0 Å². The van der Waals surface area contributed by atoms with E-state index in [4.69, 9.17) is 0 Å². The van der Waals surface area contributed by atoms with Crippen molar-refractivity contribution in [3.8, 4) is 0 Å². The monoisotopic (exact) mass is 316 g/mol. The third-order valence-corrected chi connectivity index (χ3v) is 3.50. The number of aliphatic hydroxyl groups excluding tert-OH is 1. The van der Waals surface area contributed by atoms with Gasteiger partial charge in [0.25, 0.3) is 0 Å². The Balaban J connectivity index is 1.61. The predicted octanol–water partition coefficient (Wildman–Crippen LogP) is 2.79. The van der Waals surface area contributed by atoms with Crippen LogP contribution in [0.15, 0.2) is 54.6 Å². The van der Waals surface area contributed by atoms with Crippen LogP contribution in [-0.2, 0) is 6.42 Å². The van der Waals surface area contributed by atoms with Crippen LogP contribution in [0.25, 0.3) is 0 Å². The lowest BCUT2D eigenvalue weighted by Crippen LogP contribution is -2.37. The molecule has 4 nitrogen and oxygen atoms in total. The van der Waals surface area contributed by atoms with Crippen molar-refractivity contribution in [2.75, 3.05) is 13.1 Å². The molecule has 0 saturated heterocycles. The molecule has 23 heavy (non-hydrogen) atoms. The lowest BCUT2D eigenvalue weighted by molar-refractivity contribution is 0.167. The summed E-state index contributed by atoms with van der Waals surface area (Å²) in [6.45, 7) is 0.858. The molecule has 0 aliphatic heterocycles. The average Bonchev–Trinajstić information content (AvgIpc) is 2.57. The Morgan fingerprint density at radius 2 is 1.65 bits per heavy atom. The maximum Gasteiger partial charge on any atom is 0.314 e. The van der Waals surface area contributed by atoms with Gasteiger partial charge < -0.3 is 15.7 Å². The summed E-state index contributed by atoms with van der Waals surface area (Å²) in [5, 5.41) is 15.4. The lowest BCUT2D eigenvalue weighted by atomic mass is 10.1. The highest BCUT2D eigenvalue weighted by Crippen LogP contribution is 2.14. The fraction of sp³-hybridized carbons (Fsp3) is 0.278. The number of hydrogen-bond donors (Lipinski definition) is 3. The third-order valence-electron chi connectivity index (χ3n) is 3.50. The lowest BCUT2D eigenvalue weighted by Gasteiger charge is -2.12. The van der Waals surface area contributed by atoms with Crippen LogP contribution in [0, 0.1) is 5.82 Å². The van der Waals surface area contributed by atoms with E-state index in [0.29, 0.717) is 25.9 Å². The Labute approximate surface area is 135 Å². The van der Waals surface area contributed by atoms with Gasteiger partial charge in [-0.1, -0.05) is 42.5 Å². The molecule has 1 atom stereocenters. The fourth-order valence-corrected chi connectivity index (χ4v) is 2.20. The standard InChI is InChI=1S/C18H21FN2O2/c19-16-8-6-14(7-9-16)10-12-20-18(23)21-13-11-17(22)15-4-2-1-3-5-15/h1-9,17,22H,10-13H2,(H2,20,21,23). The van der Waals surface area contributed by atoms with Gasteiger partial charge in [-0.05, 0) is 36.1 Å². The first-order chi connectivity index (χ1) is 11.1. The van der Waals surface area contributed by atoms with Crippen molar-refractivity contribution in [1.82, 2.24) is 10.6 Å². The van der Waals surface area contributed by atoms with Gasteiger partial charge in [-0.3, -0.25) is 0 Å². The molecule has 2 rings (SSSR count). The quantitative estimate of drug-likeness (QED) is 0.735. The Bertz CT molecular complexity index is 602. The summed E-state index contributed by atoms with van der Waals surface area (Å²) in [5.41, 5.74) is 1.80. The van der Waals surface area contributed by atoms with Crippen LogP contribution >= 0.6 is 0 Å². The zero-order valence-corrected chi connectivity index (χ0v) is 12.8. The van der Waals surface area contributed by atoms with Gasteiger partial charge in [-0.25, -0.2) is 9.18 Å². The van der Waals surface area contributed by atoms with Gasteiger partial charge in [0.05, 0.1) is 6.10 Å². The summed E-state index contributed by atoms with van der Waals surface area (Å²) >= 11 is 0. The molecule has 2 amide bonds. The minimum atomic E-state index is -0.587. The van der Waals surface area contributed by atoms with E-state index in [0.717, 1.165) is 11.1 Å². The van der Waals surface area contributed by atoms with E-state index in [9.17, 15) is 14.3 Å². The fourth-order valence-electron chi connectivity index (χ4n) is 2.20. The largest absolute Gasteiger partial charge is 0.388 e. The normalized spacial score (nSPS) is 11.7. The summed E-state index contributed by atoms with van der Waals surface area (Å²) in [6.07, 6.45) is 0.506. The number of nitrogens with one attached hydrogen (secondary N) is 2. The molecule has 122 valence electrons. The first-order valence-corrected chi connectivity index (χ1v) is 7.64. The predicted molar refractivity (Wildman–Crippen MR) is 87.5 cm³/mol. The molecule has 0 bridgehead atoms. The van der Waals surface area contributed by atoms with Crippen molar-refractivity contribution >= 4 is 6.03 Å². The van der Waals surface area contributed by atoms with E-state index in [1.54, 1.807) is 12.1 Å². The van der Waals surface area contributed by atoms with Crippen molar-refractivity contribution in [1.29, 1.82) is 0 Å². The number of carbonyl (C=O) groups is 1. The van der Waals surface area contributed by atoms with Gasteiger partial charge in [0.1, 0.15) is 5.82 Å². The summed E-state index contributed by atoms with van der Waals surface area (Å²) in [7, 11) is 0. The third kappa shape index (κ3) is 6.08. The molecule has 3 N–H and O–H groups in total. The van der Waals surface area contributed by atoms with E-state index in [2.05, 4.69) is 10.6 Å². The van der Waals surface area contributed by atoms with Gasteiger partial charge >= 0.3 is 6.03 Å². The first-order valence-electron chi connectivity index (χ1n) is 7.64. The van der Waals surface area contributed by atoms with E-state index in [1.165, 1.54) is 12.1 Å². The molecule has 0 spiro atoms. The second kappa shape index (κ2) is 8.90. The summed E-state index contributed by atoms with van der Waals surface area (Å²) in [6, 6.07) is 15.3. The molecule has 1 unspecified atom stereocenters. The SMILES string of the molecule is O=C(NCCc1ccc(F)cc1)NCCC(O)c1ccccc1. The van der Waals surface area contributed by atoms with E-state index < -0.39 is 6.10 Å². The number of rotatable bonds is 7. The number of benzene rings is 2. The number of aliphatic hydroxyl groups is 1. The molecular formula is C18H21FN2O2. The molecule has 0 aliphatic carbocycles. The Morgan fingerprint density at radius 3 is 2.35 bits per heavy atom. The maximum absolute atomic E-state index is 12.8. The van der Waals surface area contributed by atoms with Gasteiger partial charge in [-0.15, -0.1) is 0 Å². The number of hydrogen-bond acceptors (Lipinski definition) is 2. The van der Waals surface area contributed by atoms with Crippen molar-refractivity contribution in [3.05, 3.63) is 71.5 Å². The average molecular weight is 316 g/mol. The molecule has 0 saturated carbocycles. The maximum atomic E-state index is 12.8. The molecule has 0 radical (unpaired) electrons. The summed E-state index contributed by atoms with van der Waals surface area (Å²) in [4.78, 5) is 11.6. The molecule has 0 fully saturated rings. The van der Waals surface area contributed by atoms with Crippen LogP contribution in [0.5, 0.6) is 0 Å². The molecule has 0 aromatic heterocycles. The Kier molecular flexibility index (Phi) is 6.56. The molecule has 2 aromatic carbocycles. The number of urea groups is 1. The van der Waals surface area contributed by atoms with Crippen molar-refractivity contribution in [2.24, 2.45) is 0 Å². The zero-order chi connectivity index (χ0) is 16.5. The Morgan fingerprint density at radius 1 is 1.00 bits per heavy atom. The zero-order valence-electron chi connectivity index (χ0n) is 12.8. The van der Waals surface area contributed by atoms with Crippen molar-refractivity contribution in [2.45, 2.75) is 18.9 Å². The molecule has 0 aliphatic rings. The minimum absolute atomic E-state index is 0.267. The van der Waals surface area contributed by atoms with E-state index in [1.807, 2.05) is 30.3 Å². The van der Waals surface area contributed by atoms with Gasteiger partial charge in [0.15, 0.2) is 0 Å². The van der Waals surface area contributed by atoms with E-state index >= 15 is 0 Å². The topological polar surface area (TPSA) is 61.4 Å². The number of carbonyl (C=O) groups excluding carboxylic acids is 1. The van der Waals surface area contributed by atoms with Crippen LogP contribution in [0.2, 0.25) is 0 Å².